The summed E-state index contributed by atoms with van der Waals surface area (Å²) in [6.07, 6.45) is 1.67. The van der Waals surface area contributed by atoms with Gasteiger partial charge in [0.2, 0.25) is 0 Å². The first-order valence-corrected chi connectivity index (χ1v) is 7.41. The van der Waals surface area contributed by atoms with Crippen LogP contribution in [-0.2, 0) is 11.3 Å². The molecule has 1 heterocycles. The Hall–Kier alpha value is -3.39. The fraction of sp³-hybridized carbons (Fsp3) is 0.105. The number of ether oxygens (including phenoxy) is 1. The Morgan fingerprint density at radius 1 is 1.21 bits per heavy atom. The smallest absolute Gasteiger partial charge is 0.358 e. The summed E-state index contributed by atoms with van der Waals surface area (Å²) in [5.74, 6) is 0.135. The Balaban J connectivity index is 2.07. The van der Waals surface area contributed by atoms with Crippen LogP contribution in [0.4, 0.5) is 0 Å². The summed E-state index contributed by atoms with van der Waals surface area (Å²) in [7, 11) is 1.33. The molecule has 0 aliphatic carbocycles. The van der Waals surface area contributed by atoms with Crippen molar-refractivity contribution in [1.82, 2.24) is 9.55 Å². The van der Waals surface area contributed by atoms with Gasteiger partial charge in [0.15, 0.2) is 5.69 Å². The van der Waals surface area contributed by atoms with Gasteiger partial charge in [-0.25, -0.2) is 9.78 Å². The molecular weight excluding hydrogens is 302 g/mol. The molecule has 0 atom stereocenters. The highest BCUT2D eigenvalue weighted by atomic mass is 16.5. The number of hydrogen-bond acceptors (Lipinski definition) is 4. The second kappa shape index (κ2) is 6.80. The third-order valence-electron chi connectivity index (χ3n) is 3.62. The van der Waals surface area contributed by atoms with Crippen LogP contribution in [0.1, 0.15) is 21.6 Å². The van der Waals surface area contributed by atoms with Crippen LogP contribution < -0.4 is 0 Å². The van der Waals surface area contributed by atoms with E-state index >= 15 is 0 Å². The number of methoxy groups -OCH3 is 1. The molecule has 0 bridgehead atoms. The zero-order valence-corrected chi connectivity index (χ0v) is 13.1. The molecule has 0 aliphatic rings. The summed E-state index contributed by atoms with van der Waals surface area (Å²) in [6.45, 7) is 0.566. The van der Waals surface area contributed by atoms with Gasteiger partial charge in [-0.05, 0) is 17.7 Å². The van der Waals surface area contributed by atoms with Gasteiger partial charge in [0, 0.05) is 18.3 Å². The molecule has 2 aromatic carbocycles. The summed E-state index contributed by atoms with van der Waals surface area (Å²) < 4.78 is 6.66. The van der Waals surface area contributed by atoms with E-state index in [4.69, 9.17) is 10.00 Å². The van der Waals surface area contributed by atoms with Crippen molar-refractivity contribution in [2.75, 3.05) is 7.11 Å². The molecule has 0 saturated carbocycles. The Morgan fingerprint density at radius 3 is 2.71 bits per heavy atom. The summed E-state index contributed by atoms with van der Waals surface area (Å²) >= 11 is 0. The number of imidazole rings is 1. The van der Waals surface area contributed by atoms with Gasteiger partial charge in [-0.2, -0.15) is 5.26 Å². The van der Waals surface area contributed by atoms with Gasteiger partial charge in [0.25, 0.3) is 0 Å². The average molecular weight is 317 g/mol. The SMILES string of the molecule is COC(=O)c1cn(Cc2ccccc2)c(-c2cccc(C#N)c2)n1. The van der Waals surface area contributed by atoms with Crippen molar-refractivity contribution in [3.05, 3.63) is 77.6 Å². The molecule has 3 aromatic rings. The third kappa shape index (κ3) is 3.18. The zero-order valence-electron chi connectivity index (χ0n) is 13.1. The van der Waals surface area contributed by atoms with Crippen LogP contribution in [0.3, 0.4) is 0 Å². The average Bonchev–Trinajstić information content (AvgIpc) is 3.05. The zero-order chi connectivity index (χ0) is 16.9. The monoisotopic (exact) mass is 317 g/mol. The lowest BCUT2D eigenvalue weighted by molar-refractivity contribution is 0.0594. The largest absolute Gasteiger partial charge is 0.464 e. The van der Waals surface area contributed by atoms with Crippen LogP contribution in [0.15, 0.2) is 60.8 Å². The third-order valence-corrected chi connectivity index (χ3v) is 3.62. The maximum Gasteiger partial charge on any atom is 0.358 e. The predicted octanol–water partition coefficient (Wildman–Crippen LogP) is 3.26. The fourth-order valence-corrected chi connectivity index (χ4v) is 2.48. The quantitative estimate of drug-likeness (QED) is 0.693. The molecule has 24 heavy (non-hydrogen) atoms. The van der Waals surface area contributed by atoms with E-state index in [-0.39, 0.29) is 5.69 Å². The normalized spacial score (nSPS) is 10.2. The van der Waals surface area contributed by atoms with E-state index in [1.165, 1.54) is 7.11 Å². The summed E-state index contributed by atoms with van der Waals surface area (Å²) in [4.78, 5) is 16.2. The first kappa shape index (κ1) is 15.5. The minimum atomic E-state index is -0.487. The number of hydrogen-bond donors (Lipinski definition) is 0. The number of rotatable bonds is 4. The molecular formula is C19H15N3O2. The van der Waals surface area contributed by atoms with Gasteiger partial charge in [0.05, 0.1) is 18.7 Å². The highest BCUT2D eigenvalue weighted by molar-refractivity contribution is 5.87. The maximum absolute atomic E-state index is 11.8. The van der Waals surface area contributed by atoms with Crippen molar-refractivity contribution >= 4 is 5.97 Å². The Morgan fingerprint density at radius 2 is 2.00 bits per heavy atom. The molecule has 5 heteroatoms. The number of nitriles is 1. The van der Waals surface area contributed by atoms with Crippen LogP contribution in [-0.4, -0.2) is 22.6 Å². The number of carbonyl (C=O) groups is 1. The summed E-state index contributed by atoms with van der Waals surface area (Å²) in [6, 6.07) is 19.2. The van der Waals surface area contributed by atoms with E-state index in [0.29, 0.717) is 17.9 Å². The minimum Gasteiger partial charge on any atom is -0.464 e. The molecule has 0 amide bonds. The van der Waals surface area contributed by atoms with E-state index < -0.39 is 5.97 Å². The number of esters is 1. The summed E-state index contributed by atoms with van der Waals surface area (Å²) in [5.41, 5.74) is 2.65. The van der Waals surface area contributed by atoms with Gasteiger partial charge in [-0.3, -0.25) is 0 Å². The van der Waals surface area contributed by atoms with Crippen molar-refractivity contribution in [3.63, 3.8) is 0 Å². The number of aromatic nitrogens is 2. The van der Waals surface area contributed by atoms with E-state index in [1.54, 1.807) is 24.4 Å². The molecule has 0 N–H and O–H groups in total. The highest BCUT2D eigenvalue weighted by Gasteiger charge is 2.16. The first-order valence-electron chi connectivity index (χ1n) is 7.41. The molecule has 0 radical (unpaired) electrons. The Kier molecular flexibility index (Phi) is 4.39. The fourth-order valence-electron chi connectivity index (χ4n) is 2.48. The number of nitrogens with zero attached hydrogens (tertiary/aromatic N) is 3. The molecule has 0 saturated heterocycles. The number of carbonyl (C=O) groups excluding carboxylic acids is 1. The van der Waals surface area contributed by atoms with Gasteiger partial charge < -0.3 is 9.30 Å². The molecule has 0 spiro atoms. The van der Waals surface area contributed by atoms with E-state index in [1.807, 2.05) is 41.0 Å². The lowest BCUT2D eigenvalue weighted by Crippen LogP contribution is -2.02. The van der Waals surface area contributed by atoms with Gasteiger partial charge in [-0.1, -0.05) is 42.5 Å². The van der Waals surface area contributed by atoms with E-state index in [0.717, 1.165) is 11.1 Å². The van der Waals surface area contributed by atoms with E-state index in [2.05, 4.69) is 11.1 Å². The lowest BCUT2D eigenvalue weighted by Gasteiger charge is -2.08. The summed E-state index contributed by atoms with van der Waals surface area (Å²) in [5, 5.41) is 9.09. The van der Waals surface area contributed by atoms with Gasteiger partial charge >= 0.3 is 5.97 Å². The van der Waals surface area contributed by atoms with Crippen molar-refractivity contribution in [3.8, 4) is 17.5 Å². The van der Waals surface area contributed by atoms with Gasteiger partial charge in [-0.15, -0.1) is 0 Å². The maximum atomic E-state index is 11.8. The second-order valence-corrected chi connectivity index (χ2v) is 5.25. The van der Waals surface area contributed by atoms with Crippen molar-refractivity contribution < 1.29 is 9.53 Å². The highest BCUT2D eigenvalue weighted by Crippen LogP contribution is 2.22. The lowest BCUT2D eigenvalue weighted by atomic mass is 10.1. The Labute approximate surface area is 139 Å². The van der Waals surface area contributed by atoms with E-state index in [9.17, 15) is 4.79 Å². The number of benzene rings is 2. The predicted molar refractivity (Wildman–Crippen MR) is 89.3 cm³/mol. The van der Waals surface area contributed by atoms with Crippen molar-refractivity contribution in [2.24, 2.45) is 0 Å². The standard InChI is InChI=1S/C19H15N3O2/c1-24-19(23)17-13-22(12-14-6-3-2-4-7-14)18(21-17)16-9-5-8-15(10-16)11-20/h2-10,13H,12H2,1H3. The molecule has 5 nitrogen and oxygen atoms in total. The molecule has 3 rings (SSSR count). The topological polar surface area (TPSA) is 67.9 Å². The Bertz CT molecular complexity index is 908. The van der Waals surface area contributed by atoms with Crippen LogP contribution in [0, 0.1) is 11.3 Å². The van der Waals surface area contributed by atoms with Crippen LogP contribution in [0.25, 0.3) is 11.4 Å². The minimum absolute atomic E-state index is 0.241. The van der Waals surface area contributed by atoms with Gasteiger partial charge in [0.1, 0.15) is 5.82 Å². The van der Waals surface area contributed by atoms with Crippen LogP contribution in [0.2, 0.25) is 0 Å². The molecule has 0 fully saturated rings. The van der Waals surface area contributed by atoms with Crippen LogP contribution in [0.5, 0.6) is 0 Å². The van der Waals surface area contributed by atoms with Crippen molar-refractivity contribution in [1.29, 1.82) is 5.26 Å². The first-order chi connectivity index (χ1) is 11.7. The molecule has 118 valence electrons. The molecule has 1 aromatic heterocycles. The van der Waals surface area contributed by atoms with Crippen LogP contribution >= 0.6 is 0 Å². The second-order valence-electron chi connectivity index (χ2n) is 5.25. The molecule has 0 aliphatic heterocycles. The van der Waals surface area contributed by atoms with Crippen molar-refractivity contribution in [2.45, 2.75) is 6.54 Å². The molecule has 0 unspecified atom stereocenters.